The van der Waals surface area contributed by atoms with E-state index < -0.39 is 17.6 Å². The van der Waals surface area contributed by atoms with Crippen LogP contribution in [0.5, 0.6) is 0 Å². The topological polar surface area (TPSA) is 45.5 Å². The van der Waals surface area contributed by atoms with Crippen molar-refractivity contribution < 1.29 is 22.4 Å². The lowest BCUT2D eigenvalue weighted by Gasteiger charge is -2.42. The Morgan fingerprint density at radius 2 is 2.05 bits per heavy atom. The van der Waals surface area contributed by atoms with E-state index in [9.17, 15) is 18.0 Å². The fourth-order valence-electron chi connectivity index (χ4n) is 2.45. The van der Waals surface area contributed by atoms with Gasteiger partial charge in [0.15, 0.2) is 11.0 Å². The average molecular weight is 325 g/mol. The van der Waals surface area contributed by atoms with Crippen LogP contribution in [0.15, 0.2) is 16.5 Å². The Balaban J connectivity index is 2.16. The van der Waals surface area contributed by atoms with Gasteiger partial charge in [-0.05, 0) is 43.1 Å². The Kier molecular flexibility index (Phi) is 4.53. The van der Waals surface area contributed by atoms with Crippen molar-refractivity contribution in [3.63, 3.8) is 0 Å². The van der Waals surface area contributed by atoms with Crippen molar-refractivity contribution in [2.75, 3.05) is 19.6 Å². The first-order valence-electron chi connectivity index (χ1n) is 6.64. The van der Waals surface area contributed by atoms with Crippen LogP contribution in [0.25, 0.3) is 0 Å². The average Bonchev–Trinajstić information content (AvgIpc) is 2.85. The minimum Gasteiger partial charge on any atom is -0.440 e. The number of hydrogen-bond acceptors (Lipinski definition) is 3. The third-order valence-corrected chi connectivity index (χ3v) is 4.05. The molecule has 0 saturated carbocycles. The van der Waals surface area contributed by atoms with Gasteiger partial charge in [0, 0.05) is 13.1 Å². The number of hydrogen-bond donors (Lipinski definition) is 1. The molecule has 0 radical (unpaired) electrons. The highest BCUT2D eigenvalue weighted by Crippen LogP contribution is 2.38. The molecular formula is C13H16ClF3N2O2. The van der Waals surface area contributed by atoms with Gasteiger partial charge in [-0.25, -0.2) is 0 Å². The van der Waals surface area contributed by atoms with E-state index in [1.165, 1.54) is 12.1 Å². The van der Waals surface area contributed by atoms with Crippen molar-refractivity contribution in [1.82, 2.24) is 10.2 Å². The second-order valence-corrected chi connectivity index (χ2v) is 5.44. The number of piperidine rings is 1. The molecule has 118 valence electrons. The van der Waals surface area contributed by atoms with Crippen molar-refractivity contribution in [2.45, 2.75) is 31.5 Å². The molecule has 2 heterocycles. The maximum Gasteiger partial charge on any atom is 0.411 e. The molecule has 0 unspecified atom stereocenters. The number of amides is 1. The lowest BCUT2D eigenvalue weighted by Crippen LogP contribution is -2.63. The number of likely N-dealkylation sites (tertiary alicyclic amines) is 1. The molecule has 1 fully saturated rings. The number of carbonyl (C=O) groups is 1. The van der Waals surface area contributed by atoms with Gasteiger partial charge in [0.25, 0.3) is 5.91 Å². The van der Waals surface area contributed by atoms with Crippen LogP contribution in [0.3, 0.4) is 0 Å². The molecular weight excluding hydrogens is 309 g/mol. The monoisotopic (exact) mass is 324 g/mol. The Morgan fingerprint density at radius 3 is 2.48 bits per heavy atom. The summed E-state index contributed by atoms with van der Waals surface area (Å²) >= 11 is 5.53. The summed E-state index contributed by atoms with van der Waals surface area (Å²) in [7, 11) is 0. The molecule has 1 aliphatic heterocycles. The summed E-state index contributed by atoms with van der Waals surface area (Å²) in [5, 5.41) is 2.06. The Labute approximate surface area is 125 Å². The van der Waals surface area contributed by atoms with Crippen LogP contribution in [0.2, 0.25) is 5.22 Å². The third kappa shape index (κ3) is 3.35. The van der Waals surface area contributed by atoms with Gasteiger partial charge >= 0.3 is 6.18 Å². The normalized spacial score (nSPS) is 19.5. The fraction of sp³-hybridized carbons (Fsp3) is 0.615. The molecule has 1 aromatic heterocycles. The van der Waals surface area contributed by atoms with Crippen molar-refractivity contribution >= 4 is 17.5 Å². The summed E-state index contributed by atoms with van der Waals surface area (Å²) < 4.78 is 45.1. The van der Waals surface area contributed by atoms with Crippen LogP contribution in [-0.4, -0.2) is 42.2 Å². The van der Waals surface area contributed by atoms with Gasteiger partial charge in [-0.1, -0.05) is 6.92 Å². The number of nitrogens with zero attached hydrogens (tertiary/aromatic N) is 1. The van der Waals surface area contributed by atoms with E-state index in [-0.39, 0.29) is 36.9 Å². The first-order valence-corrected chi connectivity index (χ1v) is 7.02. The van der Waals surface area contributed by atoms with Gasteiger partial charge in [0.2, 0.25) is 0 Å². The summed E-state index contributed by atoms with van der Waals surface area (Å²) in [6.07, 6.45) is -4.87. The van der Waals surface area contributed by atoms with E-state index >= 15 is 0 Å². The van der Waals surface area contributed by atoms with E-state index in [2.05, 4.69) is 5.32 Å². The summed E-state index contributed by atoms with van der Waals surface area (Å²) in [6, 6.07) is 2.57. The molecule has 0 bridgehead atoms. The molecule has 4 nitrogen and oxygen atoms in total. The zero-order valence-corrected chi connectivity index (χ0v) is 12.2. The smallest absolute Gasteiger partial charge is 0.411 e. The number of carbonyl (C=O) groups excluding carboxylic acids is 1. The molecule has 0 aliphatic carbocycles. The number of nitrogens with one attached hydrogen (secondary N) is 1. The van der Waals surface area contributed by atoms with Crippen LogP contribution in [0.4, 0.5) is 13.2 Å². The van der Waals surface area contributed by atoms with E-state index in [1.807, 2.05) is 11.8 Å². The molecule has 0 atom stereocenters. The highest BCUT2D eigenvalue weighted by Gasteiger charge is 2.56. The van der Waals surface area contributed by atoms with Gasteiger partial charge in [-0.2, -0.15) is 13.2 Å². The molecule has 1 saturated heterocycles. The lowest BCUT2D eigenvalue weighted by molar-refractivity contribution is -0.205. The summed E-state index contributed by atoms with van der Waals surface area (Å²) in [5.74, 6) is -1.12. The minimum absolute atomic E-state index is 0.0398. The Hall–Kier alpha value is -1.21. The van der Waals surface area contributed by atoms with Crippen molar-refractivity contribution in [2.24, 2.45) is 0 Å². The first-order chi connectivity index (χ1) is 9.77. The van der Waals surface area contributed by atoms with Crippen LogP contribution >= 0.6 is 11.6 Å². The minimum atomic E-state index is -4.52. The second kappa shape index (κ2) is 5.88. The summed E-state index contributed by atoms with van der Waals surface area (Å²) in [5.41, 5.74) is -2.21. The van der Waals surface area contributed by atoms with Gasteiger partial charge < -0.3 is 14.6 Å². The Bertz CT molecular complexity index is 508. The van der Waals surface area contributed by atoms with E-state index in [1.54, 1.807) is 0 Å². The highest BCUT2D eigenvalue weighted by molar-refractivity contribution is 6.29. The molecule has 0 spiro atoms. The second-order valence-electron chi connectivity index (χ2n) is 5.07. The van der Waals surface area contributed by atoms with Crippen LogP contribution in [0.1, 0.15) is 30.3 Å². The standard InChI is InChI=1S/C13H16ClF3N2O2/c1-2-19-7-5-12(6-8-19,13(15,16)17)18-11(20)9-3-4-10(14)21-9/h3-4H,2,5-8H2,1H3,(H,18,20). The number of rotatable bonds is 3. The zero-order chi connectivity index (χ0) is 15.7. The molecule has 0 aromatic carbocycles. The van der Waals surface area contributed by atoms with E-state index in [4.69, 9.17) is 16.0 Å². The highest BCUT2D eigenvalue weighted by atomic mass is 35.5. The summed E-state index contributed by atoms with van der Waals surface area (Å²) in [6.45, 7) is 3.16. The van der Waals surface area contributed by atoms with Crippen LogP contribution in [-0.2, 0) is 0 Å². The quantitative estimate of drug-likeness (QED) is 0.929. The summed E-state index contributed by atoms with van der Waals surface area (Å²) in [4.78, 5) is 13.9. The van der Waals surface area contributed by atoms with Crippen molar-refractivity contribution in [1.29, 1.82) is 0 Å². The molecule has 1 aliphatic rings. The fourth-order valence-corrected chi connectivity index (χ4v) is 2.59. The zero-order valence-electron chi connectivity index (χ0n) is 11.5. The molecule has 1 N–H and O–H groups in total. The number of alkyl halides is 3. The van der Waals surface area contributed by atoms with Gasteiger partial charge in [-0.3, -0.25) is 4.79 Å². The maximum absolute atomic E-state index is 13.4. The van der Waals surface area contributed by atoms with E-state index in [0.29, 0.717) is 6.54 Å². The predicted octanol–water partition coefficient (Wildman–Crippen LogP) is 3.08. The van der Waals surface area contributed by atoms with Gasteiger partial charge in [0.1, 0.15) is 5.54 Å². The first kappa shape index (κ1) is 16.2. The predicted molar refractivity (Wildman–Crippen MR) is 71.3 cm³/mol. The Morgan fingerprint density at radius 1 is 1.43 bits per heavy atom. The van der Waals surface area contributed by atoms with Crippen molar-refractivity contribution in [3.05, 3.63) is 23.1 Å². The maximum atomic E-state index is 13.4. The van der Waals surface area contributed by atoms with E-state index in [0.717, 1.165) is 0 Å². The molecule has 21 heavy (non-hydrogen) atoms. The van der Waals surface area contributed by atoms with Crippen LogP contribution < -0.4 is 5.32 Å². The third-order valence-electron chi connectivity index (χ3n) is 3.85. The van der Waals surface area contributed by atoms with Gasteiger partial charge in [-0.15, -0.1) is 0 Å². The number of halogens is 4. The largest absolute Gasteiger partial charge is 0.440 e. The molecule has 1 amide bonds. The molecule has 8 heteroatoms. The molecule has 2 rings (SSSR count). The van der Waals surface area contributed by atoms with Gasteiger partial charge in [0.05, 0.1) is 0 Å². The molecule has 1 aromatic rings. The van der Waals surface area contributed by atoms with Crippen molar-refractivity contribution in [3.8, 4) is 0 Å². The lowest BCUT2D eigenvalue weighted by atomic mass is 9.86. The van der Waals surface area contributed by atoms with Crippen LogP contribution in [0, 0.1) is 0 Å². The number of furan rings is 1. The SMILES string of the molecule is CCN1CCC(NC(=O)c2ccc(Cl)o2)(C(F)(F)F)CC1.